The third-order valence-electron chi connectivity index (χ3n) is 4.64. The molecule has 0 aliphatic rings. The maximum Gasteiger partial charge on any atom is -0.0123 e. The molecule has 0 unspecified atom stereocenters. The van der Waals surface area contributed by atoms with Gasteiger partial charge in [0.15, 0.2) is 0 Å². The van der Waals surface area contributed by atoms with Crippen molar-refractivity contribution in [1.29, 1.82) is 0 Å². The van der Waals surface area contributed by atoms with Gasteiger partial charge < -0.3 is 0 Å². The van der Waals surface area contributed by atoms with Gasteiger partial charge in [-0.1, -0.05) is 79.7 Å². The average Bonchev–Trinajstić information content (AvgIpc) is 2.42. The van der Waals surface area contributed by atoms with Gasteiger partial charge in [0.2, 0.25) is 0 Å². The summed E-state index contributed by atoms with van der Waals surface area (Å²) in [7, 11) is 0. The summed E-state index contributed by atoms with van der Waals surface area (Å²) in [6, 6.07) is 9.01. The molecule has 0 bridgehead atoms. The average molecular weight is 296 g/mol. The highest BCUT2D eigenvalue weighted by molar-refractivity contribution is 5.92. The molecule has 2 rings (SSSR count). The summed E-state index contributed by atoms with van der Waals surface area (Å²) >= 11 is 0. The van der Waals surface area contributed by atoms with E-state index >= 15 is 0 Å². The second kappa shape index (κ2) is 5.72. The molecule has 0 heterocycles. The van der Waals surface area contributed by atoms with Crippen LogP contribution in [0.5, 0.6) is 0 Å². The van der Waals surface area contributed by atoms with E-state index in [2.05, 4.69) is 79.7 Å². The zero-order chi connectivity index (χ0) is 16.7. The Morgan fingerprint density at radius 1 is 0.636 bits per heavy atom. The van der Waals surface area contributed by atoms with E-state index < -0.39 is 0 Å². The monoisotopic (exact) mass is 296 g/mol. The normalized spacial score (nSPS) is 12.9. The molecular weight excluding hydrogens is 264 g/mol. The Morgan fingerprint density at radius 3 is 1.50 bits per heavy atom. The zero-order valence-electron chi connectivity index (χ0n) is 15.7. The lowest BCUT2D eigenvalue weighted by atomic mass is 9.69. The highest BCUT2D eigenvalue weighted by Gasteiger charge is 2.30. The Balaban J connectivity index is 3.13. The third kappa shape index (κ3) is 2.81. The standard InChI is InChI=1S/C22H32/c1-9-15-16(10-2)19(21(3,4)5)20(22(6,7)8)18-14-12-11-13-17(15)18/h11-14H,9-10H2,1-8H3. The molecule has 22 heavy (non-hydrogen) atoms. The zero-order valence-corrected chi connectivity index (χ0v) is 15.7. The van der Waals surface area contributed by atoms with Gasteiger partial charge in [-0.2, -0.15) is 0 Å². The molecule has 0 aliphatic carbocycles. The van der Waals surface area contributed by atoms with Crippen molar-refractivity contribution in [2.24, 2.45) is 0 Å². The summed E-state index contributed by atoms with van der Waals surface area (Å²) < 4.78 is 0. The van der Waals surface area contributed by atoms with E-state index in [-0.39, 0.29) is 10.8 Å². The van der Waals surface area contributed by atoms with Crippen molar-refractivity contribution in [3.8, 4) is 0 Å². The van der Waals surface area contributed by atoms with Crippen LogP contribution in [-0.2, 0) is 23.7 Å². The fraction of sp³-hybridized carbons (Fsp3) is 0.545. The van der Waals surface area contributed by atoms with Gasteiger partial charge in [-0.15, -0.1) is 0 Å². The second-order valence-corrected chi connectivity index (χ2v) is 8.46. The lowest BCUT2D eigenvalue weighted by molar-refractivity contribution is 0.529. The summed E-state index contributed by atoms with van der Waals surface area (Å²) in [5.74, 6) is 0. The van der Waals surface area contributed by atoms with Crippen LogP contribution in [0.4, 0.5) is 0 Å². The Labute approximate surface area is 136 Å². The molecule has 0 atom stereocenters. The largest absolute Gasteiger partial charge is 0.0616 e. The second-order valence-electron chi connectivity index (χ2n) is 8.46. The summed E-state index contributed by atoms with van der Waals surface area (Å²) in [6.07, 6.45) is 2.22. The minimum Gasteiger partial charge on any atom is -0.0616 e. The Bertz CT molecular complexity index is 676. The van der Waals surface area contributed by atoms with E-state index in [0.717, 1.165) is 12.8 Å². The minimum absolute atomic E-state index is 0.151. The highest BCUT2D eigenvalue weighted by Crippen LogP contribution is 2.43. The van der Waals surface area contributed by atoms with Crippen LogP contribution in [0.3, 0.4) is 0 Å². The number of hydrogen-bond acceptors (Lipinski definition) is 0. The molecule has 0 nitrogen and oxygen atoms in total. The highest BCUT2D eigenvalue weighted by atomic mass is 14.3. The maximum absolute atomic E-state index is 2.37. The van der Waals surface area contributed by atoms with Crippen molar-refractivity contribution < 1.29 is 0 Å². The van der Waals surface area contributed by atoms with E-state index in [0.29, 0.717) is 0 Å². The fourth-order valence-corrected chi connectivity index (χ4v) is 3.96. The maximum atomic E-state index is 2.37. The van der Waals surface area contributed by atoms with Gasteiger partial charge in [0, 0.05) is 0 Å². The van der Waals surface area contributed by atoms with Crippen LogP contribution in [-0.4, -0.2) is 0 Å². The summed E-state index contributed by atoms with van der Waals surface area (Å²) in [4.78, 5) is 0. The van der Waals surface area contributed by atoms with E-state index in [4.69, 9.17) is 0 Å². The number of hydrogen-bond donors (Lipinski definition) is 0. The van der Waals surface area contributed by atoms with Crippen LogP contribution in [0.2, 0.25) is 0 Å². The van der Waals surface area contributed by atoms with Crippen LogP contribution in [0.1, 0.15) is 77.6 Å². The number of rotatable bonds is 2. The quantitative estimate of drug-likeness (QED) is 0.588. The molecule has 0 aromatic heterocycles. The van der Waals surface area contributed by atoms with Crippen LogP contribution in [0, 0.1) is 0 Å². The summed E-state index contributed by atoms with van der Waals surface area (Å²) in [5.41, 5.74) is 6.58. The molecule has 120 valence electrons. The van der Waals surface area contributed by atoms with Gasteiger partial charge in [0.1, 0.15) is 0 Å². The van der Waals surface area contributed by atoms with Crippen molar-refractivity contribution >= 4 is 10.8 Å². The van der Waals surface area contributed by atoms with Crippen molar-refractivity contribution in [2.45, 2.75) is 79.1 Å². The molecule has 0 saturated carbocycles. The van der Waals surface area contributed by atoms with Crippen LogP contribution in [0.25, 0.3) is 10.8 Å². The van der Waals surface area contributed by atoms with E-state index in [9.17, 15) is 0 Å². The van der Waals surface area contributed by atoms with Crippen molar-refractivity contribution in [3.05, 3.63) is 46.5 Å². The predicted molar refractivity (Wildman–Crippen MR) is 100 cm³/mol. The van der Waals surface area contributed by atoms with E-state index in [1.807, 2.05) is 0 Å². The SMILES string of the molecule is CCc1c(C(C)(C)C)c(C(C)(C)C)c2ccccc2c1CC. The predicted octanol–water partition coefficient (Wildman–Crippen LogP) is 6.56. The molecule has 2 aromatic carbocycles. The fourth-order valence-electron chi connectivity index (χ4n) is 3.96. The van der Waals surface area contributed by atoms with Gasteiger partial charge >= 0.3 is 0 Å². The molecular formula is C22H32. The minimum atomic E-state index is 0.151. The first-order chi connectivity index (χ1) is 10.1. The van der Waals surface area contributed by atoms with Crippen LogP contribution in [0.15, 0.2) is 24.3 Å². The van der Waals surface area contributed by atoms with Gasteiger partial charge in [0.05, 0.1) is 0 Å². The topological polar surface area (TPSA) is 0 Å². The van der Waals surface area contributed by atoms with Gasteiger partial charge in [-0.05, 0) is 56.7 Å². The number of benzene rings is 2. The van der Waals surface area contributed by atoms with Crippen molar-refractivity contribution in [2.75, 3.05) is 0 Å². The van der Waals surface area contributed by atoms with Crippen molar-refractivity contribution in [1.82, 2.24) is 0 Å². The first-order valence-electron chi connectivity index (χ1n) is 8.70. The molecule has 0 spiro atoms. The van der Waals surface area contributed by atoms with Crippen LogP contribution < -0.4 is 0 Å². The molecule has 0 N–H and O–H groups in total. The molecule has 0 fully saturated rings. The molecule has 0 amide bonds. The number of aryl methyl sites for hydroxylation is 1. The molecule has 0 aliphatic heterocycles. The Kier molecular flexibility index (Phi) is 4.44. The Morgan fingerprint density at radius 2 is 1.09 bits per heavy atom. The van der Waals surface area contributed by atoms with E-state index in [1.54, 1.807) is 22.3 Å². The van der Waals surface area contributed by atoms with Gasteiger partial charge in [-0.3, -0.25) is 0 Å². The first-order valence-corrected chi connectivity index (χ1v) is 8.70. The molecule has 0 heteroatoms. The molecule has 0 saturated heterocycles. The van der Waals surface area contributed by atoms with Gasteiger partial charge in [-0.25, -0.2) is 0 Å². The summed E-state index contributed by atoms with van der Waals surface area (Å²) in [5, 5.41) is 2.91. The van der Waals surface area contributed by atoms with Gasteiger partial charge in [0.25, 0.3) is 0 Å². The Hall–Kier alpha value is -1.30. The smallest absolute Gasteiger partial charge is 0.0123 e. The van der Waals surface area contributed by atoms with Crippen molar-refractivity contribution in [3.63, 3.8) is 0 Å². The van der Waals surface area contributed by atoms with E-state index in [1.165, 1.54) is 10.8 Å². The summed E-state index contributed by atoms with van der Waals surface area (Å²) in [6.45, 7) is 18.8. The lowest BCUT2D eigenvalue weighted by Crippen LogP contribution is -2.25. The first kappa shape index (κ1) is 17.1. The van der Waals surface area contributed by atoms with Crippen LogP contribution >= 0.6 is 0 Å². The molecule has 0 radical (unpaired) electrons. The number of fused-ring (bicyclic) bond motifs is 1. The lowest BCUT2D eigenvalue weighted by Gasteiger charge is -2.35. The molecule has 2 aromatic rings. The third-order valence-corrected chi connectivity index (χ3v) is 4.64.